The van der Waals surface area contributed by atoms with Gasteiger partial charge in [0.2, 0.25) is 0 Å². The molecule has 0 atom stereocenters. The first-order valence-electron chi connectivity index (χ1n) is 5.39. The van der Waals surface area contributed by atoms with Gasteiger partial charge in [0.1, 0.15) is 5.78 Å². The monoisotopic (exact) mass is 194 g/mol. The van der Waals surface area contributed by atoms with Crippen LogP contribution in [-0.4, -0.2) is 5.78 Å². The molecular weight excluding hydrogens is 172 g/mol. The van der Waals surface area contributed by atoms with E-state index in [0.29, 0.717) is 18.6 Å². The van der Waals surface area contributed by atoms with Gasteiger partial charge in [-0.1, -0.05) is 30.2 Å². The van der Waals surface area contributed by atoms with Crippen LogP contribution in [0.4, 0.5) is 0 Å². The Hall–Kier alpha value is -0.850. The van der Waals surface area contributed by atoms with E-state index >= 15 is 0 Å². The van der Waals surface area contributed by atoms with Crippen molar-refractivity contribution < 1.29 is 4.79 Å². The van der Waals surface area contributed by atoms with Crippen LogP contribution in [0, 0.1) is 0 Å². The summed E-state index contributed by atoms with van der Waals surface area (Å²) in [5.74, 6) is 0.343. The van der Waals surface area contributed by atoms with Crippen molar-refractivity contribution in [3.05, 3.63) is 23.3 Å². The molecule has 1 nitrogen and oxygen atoms in total. The van der Waals surface area contributed by atoms with Crippen LogP contribution in [-0.2, 0) is 4.79 Å². The zero-order valence-electron chi connectivity index (χ0n) is 9.89. The number of hydrogen-bond acceptors (Lipinski definition) is 1. The number of rotatable bonds is 6. The number of carbonyl (C=O) groups excluding carboxylic acids is 1. The first-order valence-corrected chi connectivity index (χ1v) is 5.39. The minimum atomic E-state index is 0.343. The van der Waals surface area contributed by atoms with Crippen LogP contribution in [0.3, 0.4) is 0 Å². The molecule has 0 heterocycles. The molecule has 0 saturated heterocycles. The van der Waals surface area contributed by atoms with E-state index in [-0.39, 0.29) is 0 Å². The first-order chi connectivity index (χ1) is 6.60. The SMILES string of the molecule is CC=C(CCC=C(C)C)CC(=O)CC. The average Bonchev–Trinajstić information content (AvgIpc) is 2.15. The lowest BCUT2D eigenvalue weighted by molar-refractivity contribution is -0.118. The van der Waals surface area contributed by atoms with Gasteiger partial charge >= 0.3 is 0 Å². The molecule has 0 aliphatic rings. The molecule has 0 aromatic rings. The summed E-state index contributed by atoms with van der Waals surface area (Å²) < 4.78 is 0. The number of hydrogen-bond donors (Lipinski definition) is 0. The molecule has 0 fully saturated rings. The van der Waals surface area contributed by atoms with Crippen LogP contribution >= 0.6 is 0 Å². The predicted octanol–water partition coefficient (Wildman–Crippen LogP) is 4.05. The van der Waals surface area contributed by atoms with Crippen LogP contribution in [0.5, 0.6) is 0 Å². The second kappa shape index (κ2) is 7.54. The van der Waals surface area contributed by atoms with Gasteiger partial charge in [0.15, 0.2) is 0 Å². The quantitative estimate of drug-likeness (QED) is 0.583. The lowest BCUT2D eigenvalue weighted by Crippen LogP contribution is -1.97. The Kier molecular flexibility index (Phi) is 7.09. The van der Waals surface area contributed by atoms with Crippen LogP contribution in [0.15, 0.2) is 23.3 Å². The van der Waals surface area contributed by atoms with Gasteiger partial charge in [-0.3, -0.25) is 4.79 Å². The van der Waals surface area contributed by atoms with E-state index in [1.54, 1.807) is 0 Å². The zero-order valence-corrected chi connectivity index (χ0v) is 9.89. The highest BCUT2D eigenvalue weighted by Crippen LogP contribution is 2.12. The standard InChI is InChI=1S/C13H22O/c1-5-12(10-13(14)6-2)9-7-8-11(3)4/h5,8H,6-7,9-10H2,1-4H3. The van der Waals surface area contributed by atoms with Gasteiger partial charge in [0, 0.05) is 12.8 Å². The van der Waals surface area contributed by atoms with Crippen molar-refractivity contribution in [2.24, 2.45) is 0 Å². The van der Waals surface area contributed by atoms with Gasteiger partial charge in [-0.2, -0.15) is 0 Å². The second-order valence-electron chi connectivity index (χ2n) is 3.84. The molecule has 0 aromatic heterocycles. The minimum Gasteiger partial charge on any atom is -0.299 e. The topological polar surface area (TPSA) is 17.1 Å². The zero-order chi connectivity index (χ0) is 11.0. The summed E-state index contributed by atoms with van der Waals surface area (Å²) in [5.41, 5.74) is 2.62. The maximum absolute atomic E-state index is 11.2. The van der Waals surface area contributed by atoms with Crippen molar-refractivity contribution in [2.45, 2.75) is 53.4 Å². The normalized spacial score (nSPS) is 11.3. The summed E-state index contributed by atoms with van der Waals surface area (Å²) in [6.45, 7) is 8.14. The summed E-state index contributed by atoms with van der Waals surface area (Å²) in [5, 5.41) is 0. The van der Waals surface area contributed by atoms with Crippen LogP contribution in [0.1, 0.15) is 53.4 Å². The molecular formula is C13H22O. The highest BCUT2D eigenvalue weighted by molar-refractivity contribution is 5.80. The molecule has 0 bridgehead atoms. The van der Waals surface area contributed by atoms with Crippen LogP contribution in [0.2, 0.25) is 0 Å². The molecule has 0 amide bonds. The largest absolute Gasteiger partial charge is 0.299 e. The summed E-state index contributed by atoms with van der Waals surface area (Å²) in [6.07, 6.45) is 7.67. The molecule has 1 heteroatoms. The summed E-state index contributed by atoms with van der Waals surface area (Å²) >= 11 is 0. The fraction of sp³-hybridized carbons (Fsp3) is 0.615. The summed E-state index contributed by atoms with van der Waals surface area (Å²) in [6, 6.07) is 0. The third-order valence-corrected chi connectivity index (χ3v) is 2.24. The predicted molar refractivity (Wildman–Crippen MR) is 62.3 cm³/mol. The van der Waals surface area contributed by atoms with Crippen LogP contribution < -0.4 is 0 Å². The van der Waals surface area contributed by atoms with Gasteiger partial charge < -0.3 is 0 Å². The van der Waals surface area contributed by atoms with Gasteiger partial charge in [0.25, 0.3) is 0 Å². The van der Waals surface area contributed by atoms with Crippen molar-refractivity contribution in [1.29, 1.82) is 0 Å². The number of carbonyl (C=O) groups is 1. The van der Waals surface area contributed by atoms with Gasteiger partial charge in [-0.25, -0.2) is 0 Å². The van der Waals surface area contributed by atoms with Crippen molar-refractivity contribution in [3.63, 3.8) is 0 Å². The van der Waals surface area contributed by atoms with Crippen molar-refractivity contribution >= 4 is 5.78 Å². The number of ketones is 1. The Morgan fingerprint density at radius 2 is 1.93 bits per heavy atom. The highest BCUT2D eigenvalue weighted by atomic mass is 16.1. The molecule has 0 rings (SSSR count). The van der Waals surface area contributed by atoms with E-state index in [1.165, 1.54) is 11.1 Å². The van der Waals surface area contributed by atoms with E-state index in [2.05, 4.69) is 26.0 Å². The van der Waals surface area contributed by atoms with Gasteiger partial charge in [-0.15, -0.1) is 0 Å². The molecule has 80 valence electrons. The van der Waals surface area contributed by atoms with E-state index < -0.39 is 0 Å². The summed E-state index contributed by atoms with van der Waals surface area (Å²) in [7, 11) is 0. The van der Waals surface area contributed by atoms with Crippen LogP contribution in [0.25, 0.3) is 0 Å². The maximum Gasteiger partial charge on any atom is 0.136 e. The van der Waals surface area contributed by atoms with E-state index in [4.69, 9.17) is 0 Å². The van der Waals surface area contributed by atoms with E-state index in [0.717, 1.165) is 12.8 Å². The lowest BCUT2D eigenvalue weighted by atomic mass is 10.0. The second-order valence-corrected chi connectivity index (χ2v) is 3.84. The van der Waals surface area contributed by atoms with E-state index in [1.807, 2.05) is 13.8 Å². The maximum atomic E-state index is 11.2. The molecule has 0 radical (unpaired) electrons. The van der Waals surface area contributed by atoms with Crippen molar-refractivity contribution in [2.75, 3.05) is 0 Å². The van der Waals surface area contributed by atoms with Crippen molar-refractivity contribution in [1.82, 2.24) is 0 Å². The molecule has 0 spiro atoms. The Labute approximate surface area is 87.9 Å². The Bertz CT molecular complexity index is 230. The number of allylic oxidation sites excluding steroid dienone is 4. The number of Topliss-reactive ketones (excluding diaryl/α,β-unsaturated/α-hetero) is 1. The van der Waals surface area contributed by atoms with Gasteiger partial charge in [-0.05, 0) is 33.6 Å². The van der Waals surface area contributed by atoms with Crippen molar-refractivity contribution in [3.8, 4) is 0 Å². The third kappa shape index (κ3) is 6.64. The molecule has 14 heavy (non-hydrogen) atoms. The Balaban J connectivity index is 3.94. The Morgan fingerprint density at radius 1 is 1.29 bits per heavy atom. The smallest absolute Gasteiger partial charge is 0.136 e. The molecule has 0 aromatic carbocycles. The average molecular weight is 194 g/mol. The third-order valence-electron chi connectivity index (χ3n) is 2.24. The fourth-order valence-electron chi connectivity index (χ4n) is 1.26. The summed E-state index contributed by atoms with van der Waals surface area (Å²) in [4.78, 5) is 11.2. The Morgan fingerprint density at radius 3 is 2.36 bits per heavy atom. The molecule has 0 N–H and O–H groups in total. The molecule has 0 aliphatic carbocycles. The fourth-order valence-corrected chi connectivity index (χ4v) is 1.26. The lowest BCUT2D eigenvalue weighted by Gasteiger charge is -2.03. The molecule has 0 aliphatic heterocycles. The highest BCUT2D eigenvalue weighted by Gasteiger charge is 2.02. The van der Waals surface area contributed by atoms with Gasteiger partial charge in [0.05, 0.1) is 0 Å². The molecule has 0 saturated carbocycles. The molecule has 0 unspecified atom stereocenters. The first kappa shape index (κ1) is 13.2. The minimum absolute atomic E-state index is 0.343. The van der Waals surface area contributed by atoms with E-state index in [9.17, 15) is 4.79 Å².